The number of benzene rings is 2. The van der Waals surface area contributed by atoms with Gasteiger partial charge in [0.1, 0.15) is 0 Å². The van der Waals surface area contributed by atoms with Crippen molar-refractivity contribution >= 4 is 17.8 Å². The average molecular weight is 285 g/mol. The Bertz CT molecular complexity index is 699. The zero-order valence-electron chi connectivity index (χ0n) is 10.8. The van der Waals surface area contributed by atoms with Crippen LogP contribution < -0.4 is 5.43 Å². The second kappa shape index (κ2) is 6.29. The number of nitro benzene ring substituents is 1. The summed E-state index contributed by atoms with van der Waals surface area (Å²) in [4.78, 5) is 21.7. The minimum absolute atomic E-state index is 0.382. The quantitative estimate of drug-likeness (QED) is 0.509. The fourth-order valence-corrected chi connectivity index (χ4v) is 1.59. The van der Waals surface area contributed by atoms with E-state index in [2.05, 4.69) is 10.5 Å². The molecule has 0 bridgehead atoms. The number of rotatable bonds is 4. The van der Waals surface area contributed by atoms with Gasteiger partial charge < -0.3 is 5.11 Å². The Morgan fingerprint density at radius 3 is 2.62 bits per heavy atom. The largest absolute Gasteiger partial charge is 0.502 e. The SMILES string of the molecule is O=C(NN=Cc1ccc(O)c([N+](=O)[O-])c1)c1ccccc1. The van der Waals surface area contributed by atoms with E-state index in [0.29, 0.717) is 11.1 Å². The van der Waals surface area contributed by atoms with E-state index in [-0.39, 0.29) is 5.91 Å². The number of hydrogen-bond acceptors (Lipinski definition) is 5. The van der Waals surface area contributed by atoms with Gasteiger partial charge >= 0.3 is 5.69 Å². The summed E-state index contributed by atoms with van der Waals surface area (Å²) in [5.74, 6) is -0.814. The van der Waals surface area contributed by atoms with E-state index in [9.17, 15) is 20.0 Å². The number of phenolic OH excluding ortho intramolecular Hbond substituents is 1. The first-order chi connectivity index (χ1) is 10.1. The molecule has 1 amide bonds. The maximum absolute atomic E-state index is 11.7. The van der Waals surface area contributed by atoms with Gasteiger partial charge in [0, 0.05) is 17.2 Å². The maximum Gasteiger partial charge on any atom is 0.311 e. The molecule has 0 aliphatic carbocycles. The zero-order valence-corrected chi connectivity index (χ0v) is 10.8. The first-order valence-corrected chi connectivity index (χ1v) is 5.94. The number of amides is 1. The molecule has 0 heterocycles. The molecule has 0 saturated carbocycles. The zero-order chi connectivity index (χ0) is 15.2. The predicted molar refractivity (Wildman–Crippen MR) is 76.3 cm³/mol. The lowest BCUT2D eigenvalue weighted by Crippen LogP contribution is -2.17. The number of hydrazone groups is 1. The molecule has 2 N–H and O–H groups in total. The highest BCUT2D eigenvalue weighted by Gasteiger charge is 2.12. The molecule has 0 aliphatic heterocycles. The van der Waals surface area contributed by atoms with Crippen molar-refractivity contribution in [2.24, 2.45) is 5.10 Å². The first kappa shape index (κ1) is 14.2. The Kier molecular flexibility index (Phi) is 4.25. The van der Waals surface area contributed by atoms with Gasteiger partial charge in [-0.25, -0.2) is 5.43 Å². The molecule has 7 nitrogen and oxygen atoms in total. The molecule has 2 rings (SSSR count). The lowest BCUT2D eigenvalue weighted by Gasteiger charge is -1.99. The molecular formula is C14H11N3O4. The number of nitrogens with one attached hydrogen (secondary N) is 1. The summed E-state index contributed by atoms with van der Waals surface area (Å²) in [7, 11) is 0. The summed E-state index contributed by atoms with van der Waals surface area (Å²) < 4.78 is 0. The lowest BCUT2D eigenvalue weighted by atomic mass is 10.2. The summed E-state index contributed by atoms with van der Waals surface area (Å²) >= 11 is 0. The predicted octanol–water partition coefficient (Wildman–Crippen LogP) is 2.06. The molecule has 0 aromatic heterocycles. The van der Waals surface area contributed by atoms with Gasteiger partial charge in [-0.15, -0.1) is 0 Å². The Balaban J connectivity index is 2.07. The van der Waals surface area contributed by atoms with Crippen molar-refractivity contribution in [2.45, 2.75) is 0 Å². The molecule has 0 aliphatic rings. The van der Waals surface area contributed by atoms with E-state index < -0.39 is 16.4 Å². The van der Waals surface area contributed by atoms with Crippen LogP contribution in [0.15, 0.2) is 53.6 Å². The van der Waals surface area contributed by atoms with Gasteiger partial charge in [-0.05, 0) is 24.3 Å². The first-order valence-electron chi connectivity index (χ1n) is 5.94. The van der Waals surface area contributed by atoms with Crippen molar-refractivity contribution in [2.75, 3.05) is 0 Å². The molecule has 0 spiro atoms. The van der Waals surface area contributed by atoms with E-state index in [1.165, 1.54) is 18.3 Å². The molecule has 2 aromatic carbocycles. The molecule has 106 valence electrons. The van der Waals surface area contributed by atoms with Gasteiger partial charge in [0.05, 0.1) is 11.1 Å². The van der Waals surface area contributed by atoms with Crippen LogP contribution in [0.25, 0.3) is 0 Å². The topological polar surface area (TPSA) is 105 Å². The number of carbonyl (C=O) groups excluding carboxylic acids is 1. The molecule has 0 fully saturated rings. The van der Waals surface area contributed by atoms with E-state index in [4.69, 9.17) is 0 Å². The molecule has 0 radical (unpaired) electrons. The third-order valence-electron chi connectivity index (χ3n) is 2.61. The Morgan fingerprint density at radius 2 is 1.95 bits per heavy atom. The highest BCUT2D eigenvalue weighted by atomic mass is 16.6. The highest BCUT2D eigenvalue weighted by Crippen LogP contribution is 2.25. The van der Waals surface area contributed by atoms with Crippen LogP contribution >= 0.6 is 0 Å². The molecule has 0 atom stereocenters. The van der Waals surface area contributed by atoms with Crippen LogP contribution in [0.1, 0.15) is 15.9 Å². The van der Waals surface area contributed by atoms with Gasteiger partial charge in [-0.2, -0.15) is 5.10 Å². The van der Waals surface area contributed by atoms with Crippen LogP contribution in [0, 0.1) is 10.1 Å². The number of carbonyl (C=O) groups is 1. The summed E-state index contributed by atoms with van der Waals surface area (Å²) in [5.41, 5.74) is 2.72. The average Bonchev–Trinajstić information content (AvgIpc) is 2.49. The number of phenols is 1. The summed E-state index contributed by atoms with van der Waals surface area (Å²) in [6.07, 6.45) is 1.26. The van der Waals surface area contributed by atoms with E-state index in [0.717, 1.165) is 6.07 Å². The number of aromatic hydroxyl groups is 1. The van der Waals surface area contributed by atoms with E-state index in [1.807, 2.05) is 0 Å². The summed E-state index contributed by atoms with van der Waals surface area (Å²) in [6, 6.07) is 12.3. The normalized spacial score (nSPS) is 10.5. The second-order valence-corrected chi connectivity index (χ2v) is 4.07. The third kappa shape index (κ3) is 3.63. The minimum atomic E-state index is -0.699. The van der Waals surface area contributed by atoms with Gasteiger partial charge in [-0.1, -0.05) is 18.2 Å². The van der Waals surface area contributed by atoms with Crippen LogP contribution in [0.5, 0.6) is 5.75 Å². The van der Waals surface area contributed by atoms with Gasteiger partial charge in [-0.3, -0.25) is 14.9 Å². The fourth-order valence-electron chi connectivity index (χ4n) is 1.59. The molecule has 0 unspecified atom stereocenters. The number of hydrogen-bond donors (Lipinski definition) is 2. The van der Waals surface area contributed by atoms with E-state index >= 15 is 0 Å². The van der Waals surface area contributed by atoms with Gasteiger partial charge in [0.15, 0.2) is 5.75 Å². The molecule has 21 heavy (non-hydrogen) atoms. The second-order valence-electron chi connectivity index (χ2n) is 4.07. The standard InChI is InChI=1S/C14H11N3O4/c18-13-7-6-10(8-12(13)17(20)21)9-15-16-14(19)11-4-2-1-3-5-11/h1-9,18H,(H,16,19). The number of nitro groups is 1. The Morgan fingerprint density at radius 1 is 1.24 bits per heavy atom. The highest BCUT2D eigenvalue weighted by molar-refractivity contribution is 5.94. The molecule has 2 aromatic rings. The van der Waals surface area contributed by atoms with Crippen LogP contribution in [-0.2, 0) is 0 Å². The minimum Gasteiger partial charge on any atom is -0.502 e. The number of nitrogens with zero attached hydrogens (tertiary/aromatic N) is 2. The molecular weight excluding hydrogens is 274 g/mol. The fraction of sp³-hybridized carbons (Fsp3) is 0. The van der Waals surface area contributed by atoms with E-state index in [1.54, 1.807) is 30.3 Å². The van der Waals surface area contributed by atoms with Crippen LogP contribution in [0.4, 0.5) is 5.69 Å². The van der Waals surface area contributed by atoms with Crippen LogP contribution in [0.2, 0.25) is 0 Å². The van der Waals surface area contributed by atoms with Crippen molar-refractivity contribution in [3.05, 3.63) is 69.8 Å². The van der Waals surface area contributed by atoms with Crippen molar-refractivity contribution in [1.82, 2.24) is 5.43 Å². The van der Waals surface area contributed by atoms with Gasteiger partial charge in [0.2, 0.25) is 0 Å². The van der Waals surface area contributed by atoms with Crippen molar-refractivity contribution in [1.29, 1.82) is 0 Å². The smallest absolute Gasteiger partial charge is 0.311 e. The Hall–Kier alpha value is -3.22. The Labute approximate surface area is 119 Å². The van der Waals surface area contributed by atoms with Crippen molar-refractivity contribution in [3.63, 3.8) is 0 Å². The molecule has 7 heteroatoms. The monoisotopic (exact) mass is 285 g/mol. The summed E-state index contributed by atoms with van der Waals surface area (Å²) in [5, 5.41) is 23.7. The van der Waals surface area contributed by atoms with Crippen LogP contribution in [0.3, 0.4) is 0 Å². The molecule has 0 saturated heterocycles. The summed E-state index contributed by atoms with van der Waals surface area (Å²) in [6.45, 7) is 0. The van der Waals surface area contributed by atoms with Crippen molar-refractivity contribution < 1.29 is 14.8 Å². The lowest BCUT2D eigenvalue weighted by molar-refractivity contribution is -0.385. The third-order valence-corrected chi connectivity index (χ3v) is 2.61. The van der Waals surface area contributed by atoms with Gasteiger partial charge in [0.25, 0.3) is 5.91 Å². The maximum atomic E-state index is 11.7. The van der Waals surface area contributed by atoms with Crippen molar-refractivity contribution in [3.8, 4) is 5.75 Å². The van der Waals surface area contributed by atoms with Crippen LogP contribution in [-0.4, -0.2) is 22.2 Å².